The molecule has 1 aromatic rings. The fourth-order valence-electron chi connectivity index (χ4n) is 2.64. The minimum atomic E-state index is -0.391. The molecule has 2 unspecified atom stereocenters. The smallest absolute Gasteiger partial charge is 0.315 e. The zero-order valence-corrected chi connectivity index (χ0v) is 12.4. The van der Waals surface area contributed by atoms with Gasteiger partial charge in [-0.15, -0.1) is 0 Å². The van der Waals surface area contributed by atoms with Crippen LogP contribution in [0.25, 0.3) is 0 Å². The van der Waals surface area contributed by atoms with Gasteiger partial charge in [0.2, 0.25) is 0 Å². The first-order chi connectivity index (χ1) is 10.2. The second-order valence-corrected chi connectivity index (χ2v) is 5.55. The molecule has 2 N–H and O–H groups in total. The molecule has 4 nitrogen and oxygen atoms in total. The van der Waals surface area contributed by atoms with Crippen molar-refractivity contribution in [3.8, 4) is 5.75 Å². The van der Waals surface area contributed by atoms with Gasteiger partial charge in [0.1, 0.15) is 6.61 Å². The van der Waals surface area contributed by atoms with Gasteiger partial charge in [0.15, 0.2) is 11.6 Å². The van der Waals surface area contributed by atoms with Crippen LogP contribution < -0.4 is 15.4 Å². The van der Waals surface area contributed by atoms with Crippen LogP contribution in [0.1, 0.15) is 32.6 Å². The van der Waals surface area contributed by atoms with Crippen molar-refractivity contribution in [2.75, 3.05) is 13.2 Å². The predicted octanol–water partition coefficient (Wildman–Crippen LogP) is 3.08. The fourth-order valence-corrected chi connectivity index (χ4v) is 2.64. The van der Waals surface area contributed by atoms with Crippen LogP contribution in [-0.2, 0) is 0 Å². The number of benzene rings is 1. The molecular formula is C16H23FN2O2. The minimum absolute atomic E-state index is 0.175. The molecule has 116 valence electrons. The van der Waals surface area contributed by atoms with E-state index in [-0.39, 0.29) is 24.4 Å². The molecule has 0 aliphatic heterocycles. The summed E-state index contributed by atoms with van der Waals surface area (Å²) < 4.78 is 18.6. The highest BCUT2D eigenvalue weighted by Gasteiger charge is 2.22. The van der Waals surface area contributed by atoms with Crippen molar-refractivity contribution in [1.82, 2.24) is 10.6 Å². The normalized spacial score (nSPS) is 21.6. The summed E-state index contributed by atoms with van der Waals surface area (Å²) >= 11 is 0. The quantitative estimate of drug-likeness (QED) is 0.820. The van der Waals surface area contributed by atoms with E-state index in [2.05, 4.69) is 17.6 Å². The molecule has 1 aliphatic rings. The van der Waals surface area contributed by atoms with Gasteiger partial charge in [0.25, 0.3) is 0 Å². The van der Waals surface area contributed by atoms with Crippen LogP contribution >= 0.6 is 0 Å². The summed E-state index contributed by atoms with van der Waals surface area (Å²) in [6.07, 6.45) is 4.63. The summed E-state index contributed by atoms with van der Waals surface area (Å²) in [6.45, 7) is 2.77. The maximum Gasteiger partial charge on any atom is 0.315 e. The van der Waals surface area contributed by atoms with Crippen molar-refractivity contribution in [1.29, 1.82) is 0 Å². The Labute approximate surface area is 125 Å². The monoisotopic (exact) mass is 294 g/mol. The van der Waals surface area contributed by atoms with Crippen molar-refractivity contribution >= 4 is 6.03 Å². The number of rotatable bonds is 5. The highest BCUT2D eigenvalue weighted by atomic mass is 19.1. The lowest BCUT2D eigenvalue weighted by Gasteiger charge is -2.29. The molecule has 0 spiro atoms. The molecule has 21 heavy (non-hydrogen) atoms. The Hall–Kier alpha value is -1.78. The van der Waals surface area contributed by atoms with Crippen LogP contribution in [0.2, 0.25) is 0 Å². The molecule has 1 fully saturated rings. The van der Waals surface area contributed by atoms with E-state index < -0.39 is 5.82 Å². The Morgan fingerprint density at radius 1 is 1.33 bits per heavy atom. The number of para-hydroxylation sites is 1. The number of nitrogens with one attached hydrogen (secondary N) is 2. The van der Waals surface area contributed by atoms with Gasteiger partial charge in [-0.2, -0.15) is 0 Å². The topological polar surface area (TPSA) is 50.4 Å². The highest BCUT2D eigenvalue weighted by Crippen LogP contribution is 2.23. The van der Waals surface area contributed by atoms with Gasteiger partial charge in [-0.3, -0.25) is 0 Å². The van der Waals surface area contributed by atoms with E-state index in [0.29, 0.717) is 12.5 Å². The third kappa shape index (κ3) is 4.92. The van der Waals surface area contributed by atoms with Crippen LogP contribution in [0.4, 0.5) is 9.18 Å². The molecule has 2 atom stereocenters. The summed E-state index contributed by atoms with van der Waals surface area (Å²) in [4.78, 5) is 11.8. The van der Waals surface area contributed by atoms with E-state index in [1.165, 1.54) is 25.3 Å². The Morgan fingerprint density at radius 2 is 2.10 bits per heavy atom. The van der Waals surface area contributed by atoms with E-state index in [0.717, 1.165) is 6.42 Å². The second-order valence-electron chi connectivity index (χ2n) is 5.55. The van der Waals surface area contributed by atoms with Crippen molar-refractivity contribution in [2.24, 2.45) is 5.92 Å². The molecule has 1 aliphatic carbocycles. The van der Waals surface area contributed by atoms with E-state index in [4.69, 9.17) is 4.74 Å². The third-order valence-corrected chi connectivity index (χ3v) is 3.91. The molecule has 2 amide bonds. The molecule has 1 aromatic carbocycles. The van der Waals surface area contributed by atoms with E-state index >= 15 is 0 Å². The first kappa shape index (κ1) is 15.6. The summed E-state index contributed by atoms with van der Waals surface area (Å²) in [5, 5.41) is 5.74. The van der Waals surface area contributed by atoms with Gasteiger partial charge in [-0.1, -0.05) is 31.9 Å². The lowest BCUT2D eigenvalue weighted by Crippen LogP contribution is -2.46. The lowest BCUT2D eigenvalue weighted by molar-refractivity contribution is 0.218. The largest absolute Gasteiger partial charge is 0.489 e. The van der Waals surface area contributed by atoms with Gasteiger partial charge in [-0.05, 0) is 30.9 Å². The summed E-state index contributed by atoms with van der Waals surface area (Å²) in [6, 6.07) is 6.32. The Bertz CT molecular complexity index is 467. The van der Waals surface area contributed by atoms with Crippen molar-refractivity contribution in [3.05, 3.63) is 30.1 Å². The maximum atomic E-state index is 13.3. The number of carbonyl (C=O) groups is 1. The Kier molecular flexibility index (Phi) is 5.84. The molecule has 0 radical (unpaired) electrons. The van der Waals surface area contributed by atoms with Crippen LogP contribution in [0.3, 0.4) is 0 Å². The molecule has 5 heteroatoms. The van der Waals surface area contributed by atoms with E-state index in [9.17, 15) is 9.18 Å². The molecule has 1 saturated carbocycles. The standard InChI is InChI=1S/C16H23FN2O2/c1-12-6-2-4-8-14(12)19-16(20)18-10-11-21-15-9-5-3-7-13(15)17/h3,5,7,9,12,14H,2,4,6,8,10-11H2,1H3,(H2,18,19,20). The number of hydrogen-bond acceptors (Lipinski definition) is 2. The number of urea groups is 1. The van der Waals surface area contributed by atoms with Gasteiger partial charge < -0.3 is 15.4 Å². The zero-order valence-electron chi connectivity index (χ0n) is 12.4. The number of ether oxygens (including phenoxy) is 1. The first-order valence-corrected chi connectivity index (χ1v) is 7.58. The number of amides is 2. The molecule has 0 heterocycles. The Balaban J connectivity index is 1.64. The Morgan fingerprint density at radius 3 is 2.86 bits per heavy atom. The van der Waals surface area contributed by atoms with Gasteiger partial charge in [0, 0.05) is 6.04 Å². The van der Waals surface area contributed by atoms with E-state index in [1.54, 1.807) is 18.2 Å². The fraction of sp³-hybridized carbons (Fsp3) is 0.562. The lowest BCUT2D eigenvalue weighted by atomic mass is 9.86. The highest BCUT2D eigenvalue weighted by molar-refractivity contribution is 5.74. The number of hydrogen-bond donors (Lipinski definition) is 2. The van der Waals surface area contributed by atoms with Crippen molar-refractivity contribution < 1.29 is 13.9 Å². The van der Waals surface area contributed by atoms with Crippen LogP contribution in [0, 0.1) is 11.7 Å². The number of carbonyl (C=O) groups excluding carboxylic acids is 1. The van der Waals surface area contributed by atoms with Crippen LogP contribution in [0.15, 0.2) is 24.3 Å². The zero-order chi connectivity index (χ0) is 15.1. The number of halogens is 1. The minimum Gasteiger partial charge on any atom is -0.489 e. The summed E-state index contributed by atoms with van der Waals surface area (Å²) in [5.41, 5.74) is 0. The second kappa shape index (κ2) is 7.86. The van der Waals surface area contributed by atoms with Gasteiger partial charge in [-0.25, -0.2) is 9.18 Å². The van der Waals surface area contributed by atoms with Gasteiger partial charge in [0.05, 0.1) is 6.54 Å². The van der Waals surface area contributed by atoms with E-state index in [1.807, 2.05) is 0 Å². The van der Waals surface area contributed by atoms with Crippen molar-refractivity contribution in [2.45, 2.75) is 38.6 Å². The molecule has 0 aromatic heterocycles. The van der Waals surface area contributed by atoms with Crippen molar-refractivity contribution in [3.63, 3.8) is 0 Å². The van der Waals surface area contributed by atoms with Crippen LogP contribution in [0.5, 0.6) is 5.75 Å². The molecular weight excluding hydrogens is 271 g/mol. The predicted molar refractivity (Wildman–Crippen MR) is 79.8 cm³/mol. The maximum absolute atomic E-state index is 13.3. The average Bonchev–Trinajstić information content (AvgIpc) is 2.48. The SMILES string of the molecule is CC1CCCCC1NC(=O)NCCOc1ccccc1F. The summed E-state index contributed by atoms with van der Waals surface area (Å²) in [5.74, 6) is 0.345. The van der Waals surface area contributed by atoms with Crippen LogP contribution in [-0.4, -0.2) is 25.2 Å². The average molecular weight is 294 g/mol. The molecule has 0 bridgehead atoms. The third-order valence-electron chi connectivity index (χ3n) is 3.91. The summed E-state index contributed by atoms with van der Waals surface area (Å²) in [7, 11) is 0. The van der Waals surface area contributed by atoms with Gasteiger partial charge >= 0.3 is 6.03 Å². The molecule has 2 rings (SSSR count). The molecule has 0 saturated heterocycles. The first-order valence-electron chi connectivity index (χ1n) is 7.58.